The van der Waals surface area contributed by atoms with Crippen LogP contribution in [0.2, 0.25) is 0 Å². The lowest BCUT2D eigenvalue weighted by molar-refractivity contribution is 0.263. The van der Waals surface area contributed by atoms with E-state index < -0.39 is 20.8 Å². The van der Waals surface area contributed by atoms with Crippen LogP contribution in [0.4, 0.5) is 11.4 Å². The number of benzene rings is 2. The Morgan fingerprint density at radius 3 is 1.72 bits per heavy atom. The lowest BCUT2D eigenvalue weighted by Crippen LogP contribution is -2.04. The predicted molar refractivity (Wildman–Crippen MR) is 139 cm³/mol. The Labute approximate surface area is 214 Å². The minimum Gasteiger partial charge on any atom is -0.412 e. The van der Waals surface area contributed by atoms with E-state index in [1.54, 1.807) is 0 Å². The van der Waals surface area contributed by atoms with Crippen molar-refractivity contribution in [2.24, 2.45) is 10.2 Å². The summed E-state index contributed by atoms with van der Waals surface area (Å²) in [6.07, 6.45) is 5.64. The number of allylic oxidation sites excluding steroid dienone is 1. The van der Waals surface area contributed by atoms with Crippen molar-refractivity contribution in [2.75, 3.05) is 13.2 Å². The van der Waals surface area contributed by atoms with Gasteiger partial charge in [0.05, 0.1) is 24.6 Å². The Morgan fingerprint density at radius 1 is 0.806 bits per heavy atom. The van der Waals surface area contributed by atoms with Crippen molar-refractivity contribution in [3.63, 3.8) is 0 Å². The van der Waals surface area contributed by atoms with Crippen molar-refractivity contribution in [3.05, 3.63) is 72.8 Å². The van der Waals surface area contributed by atoms with Gasteiger partial charge in [-0.05, 0) is 43.0 Å². The Balaban J connectivity index is 0. The molecule has 0 heterocycles. The normalized spacial score (nSPS) is 10.9. The number of nitrogens with zero attached hydrogens (tertiary/aromatic N) is 2. The van der Waals surface area contributed by atoms with E-state index in [2.05, 4.69) is 25.2 Å². The molecule has 0 fully saturated rings. The van der Waals surface area contributed by atoms with Crippen LogP contribution >= 0.6 is 0 Å². The summed E-state index contributed by atoms with van der Waals surface area (Å²) in [6, 6.07) is 17.7. The van der Waals surface area contributed by atoms with Gasteiger partial charge in [-0.25, -0.2) is 8.37 Å². The average Bonchev–Trinajstić information content (AvgIpc) is 2.79. The zero-order valence-corrected chi connectivity index (χ0v) is 22.1. The molecule has 36 heavy (non-hydrogen) atoms. The van der Waals surface area contributed by atoms with Gasteiger partial charge in [0, 0.05) is 0 Å². The largest absolute Gasteiger partial charge is 0.412 e. The minimum atomic E-state index is -4.20. The van der Waals surface area contributed by atoms with Crippen LogP contribution in [0.25, 0.3) is 0 Å². The summed E-state index contributed by atoms with van der Waals surface area (Å²) in [4.78, 5) is 0. The molecule has 0 saturated carbocycles. The first-order valence-electron chi connectivity index (χ1n) is 10.9. The van der Waals surface area contributed by atoms with E-state index in [1.165, 1.54) is 0 Å². The molecule has 0 radical (unpaired) electrons. The molecule has 204 valence electrons. The van der Waals surface area contributed by atoms with E-state index >= 15 is 0 Å². The highest BCUT2D eigenvalue weighted by Crippen LogP contribution is 2.22. The summed E-state index contributed by atoms with van der Waals surface area (Å²) in [6.45, 7) is 7.67. The number of azo groups is 1. The SMILES string of the molecule is C=CCc1ccccc1N=Nc1ccccc1.CCCCOS(=O)(=O)O.CCCCOS(=O)(=O)O.O. The van der Waals surface area contributed by atoms with E-state index in [9.17, 15) is 16.8 Å². The smallest absolute Gasteiger partial charge is 0.397 e. The molecule has 2 aromatic carbocycles. The summed E-state index contributed by atoms with van der Waals surface area (Å²) >= 11 is 0. The molecular formula is C23H36N2O9S2. The summed E-state index contributed by atoms with van der Waals surface area (Å²) < 4.78 is 63.3. The maximum Gasteiger partial charge on any atom is 0.397 e. The van der Waals surface area contributed by atoms with Crippen molar-refractivity contribution >= 4 is 32.2 Å². The topological polar surface area (TPSA) is 183 Å². The van der Waals surface area contributed by atoms with Crippen LogP contribution in [-0.4, -0.2) is 44.6 Å². The third kappa shape index (κ3) is 22.0. The number of unbranched alkanes of at least 4 members (excludes halogenated alkanes) is 2. The molecule has 0 aliphatic carbocycles. The fourth-order valence-corrected chi connectivity index (χ4v) is 2.82. The van der Waals surface area contributed by atoms with Gasteiger partial charge in [0.1, 0.15) is 0 Å². The maximum atomic E-state index is 9.84. The first-order chi connectivity index (χ1) is 16.5. The Bertz CT molecular complexity index is 1040. The molecule has 13 heteroatoms. The van der Waals surface area contributed by atoms with E-state index in [1.807, 2.05) is 74.5 Å². The first-order valence-corrected chi connectivity index (χ1v) is 13.6. The molecule has 0 unspecified atom stereocenters. The summed E-state index contributed by atoms with van der Waals surface area (Å²) in [5.74, 6) is 0. The van der Waals surface area contributed by atoms with E-state index in [0.29, 0.717) is 12.8 Å². The highest BCUT2D eigenvalue weighted by molar-refractivity contribution is 7.81. The quantitative estimate of drug-likeness (QED) is 0.156. The van der Waals surface area contributed by atoms with Crippen LogP contribution in [0.3, 0.4) is 0 Å². The number of rotatable bonds is 12. The van der Waals surface area contributed by atoms with Crippen LogP contribution < -0.4 is 0 Å². The number of hydrogen-bond acceptors (Lipinski definition) is 8. The molecule has 11 nitrogen and oxygen atoms in total. The van der Waals surface area contributed by atoms with Gasteiger partial charge >= 0.3 is 20.8 Å². The zero-order valence-electron chi connectivity index (χ0n) is 20.5. The molecule has 4 N–H and O–H groups in total. The molecule has 2 aromatic rings. The van der Waals surface area contributed by atoms with E-state index in [4.69, 9.17) is 9.11 Å². The van der Waals surface area contributed by atoms with Crippen LogP contribution in [-0.2, 0) is 35.6 Å². The van der Waals surface area contributed by atoms with E-state index in [0.717, 1.165) is 36.2 Å². The lowest BCUT2D eigenvalue weighted by Gasteiger charge is -2.00. The first kappa shape index (κ1) is 35.6. The zero-order chi connectivity index (χ0) is 26.6. The summed E-state index contributed by atoms with van der Waals surface area (Å²) in [5, 5.41) is 8.48. The summed E-state index contributed by atoms with van der Waals surface area (Å²) in [5.41, 5.74) is 2.90. The summed E-state index contributed by atoms with van der Waals surface area (Å²) in [7, 11) is -8.39. The Hall–Kier alpha value is -2.52. The predicted octanol–water partition coefficient (Wildman–Crippen LogP) is 5.22. The second-order valence-electron chi connectivity index (χ2n) is 6.86. The van der Waals surface area contributed by atoms with Crippen LogP contribution in [0.5, 0.6) is 0 Å². The number of hydrogen-bond donors (Lipinski definition) is 2. The van der Waals surface area contributed by atoms with Crippen LogP contribution in [0, 0.1) is 0 Å². The van der Waals surface area contributed by atoms with Crippen LogP contribution in [0.15, 0.2) is 77.5 Å². The van der Waals surface area contributed by atoms with Gasteiger partial charge in [0.25, 0.3) is 0 Å². The highest BCUT2D eigenvalue weighted by Gasteiger charge is 2.02. The van der Waals surface area contributed by atoms with Crippen molar-refractivity contribution in [2.45, 2.75) is 46.0 Å². The van der Waals surface area contributed by atoms with Gasteiger partial charge in [0.2, 0.25) is 0 Å². The standard InChI is InChI=1S/C15H14N2.2C4H10O4S.H2O/c1-2-8-13-9-6-7-12-15(13)17-16-14-10-4-3-5-11-14;2*1-2-3-4-8-9(5,6)7;/h2-7,9-12H,1,8H2;2*2-4H2,1H3,(H,5,6,7);1H2. The van der Waals surface area contributed by atoms with Crippen molar-refractivity contribution < 1.29 is 39.8 Å². The molecular weight excluding hydrogens is 512 g/mol. The molecule has 2 rings (SSSR count). The molecule has 0 aromatic heterocycles. The van der Waals surface area contributed by atoms with Crippen molar-refractivity contribution in [1.82, 2.24) is 0 Å². The third-order valence-electron chi connectivity index (χ3n) is 3.85. The molecule has 0 amide bonds. The minimum absolute atomic E-state index is 0. The van der Waals surface area contributed by atoms with Gasteiger partial charge in [0.15, 0.2) is 0 Å². The maximum absolute atomic E-state index is 9.84. The Kier molecular flexibility index (Phi) is 20.4. The molecule has 0 aliphatic heterocycles. The fraction of sp³-hybridized carbons (Fsp3) is 0.391. The van der Waals surface area contributed by atoms with Gasteiger partial charge < -0.3 is 5.48 Å². The molecule has 0 bridgehead atoms. The fourth-order valence-electron chi connectivity index (χ4n) is 2.16. The lowest BCUT2D eigenvalue weighted by atomic mass is 10.1. The molecule has 0 aliphatic rings. The van der Waals surface area contributed by atoms with Gasteiger partial charge in [-0.1, -0.05) is 69.2 Å². The third-order valence-corrected chi connectivity index (χ3v) is 4.77. The highest BCUT2D eigenvalue weighted by atomic mass is 32.3. The van der Waals surface area contributed by atoms with E-state index in [-0.39, 0.29) is 18.7 Å². The van der Waals surface area contributed by atoms with Gasteiger partial charge in [-0.2, -0.15) is 27.1 Å². The molecule has 0 spiro atoms. The van der Waals surface area contributed by atoms with Crippen molar-refractivity contribution in [1.29, 1.82) is 0 Å². The van der Waals surface area contributed by atoms with Crippen LogP contribution in [0.1, 0.15) is 45.1 Å². The molecule has 0 saturated heterocycles. The van der Waals surface area contributed by atoms with Gasteiger partial charge in [-0.15, -0.1) is 6.58 Å². The second-order valence-corrected chi connectivity index (χ2v) is 9.05. The molecule has 0 atom stereocenters. The monoisotopic (exact) mass is 548 g/mol. The second kappa shape index (κ2) is 20.7. The van der Waals surface area contributed by atoms with Gasteiger partial charge in [-0.3, -0.25) is 9.11 Å². The van der Waals surface area contributed by atoms with Crippen molar-refractivity contribution in [3.8, 4) is 0 Å². The average molecular weight is 549 g/mol. The Morgan fingerprint density at radius 2 is 1.28 bits per heavy atom.